The number of aromatic amines is 1. The molecule has 1 aliphatic rings. The second-order valence-electron chi connectivity index (χ2n) is 6.80. The highest BCUT2D eigenvalue weighted by atomic mass is 16.3. The summed E-state index contributed by atoms with van der Waals surface area (Å²) in [7, 11) is 0. The average Bonchev–Trinajstić information content (AvgIpc) is 3.10. The number of carbonyl (C=O) groups is 1. The second kappa shape index (κ2) is 7.25. The standard InChI is InChI=1S/C21H21N3O3/c25-19-14-23(12-11-17(19)15-7-3-1-4-8-15)21(27)18-13-20(26)24(22-18)16-9-5-2-6-10-16/h1-10,13,17,19,22,25H,11-12,14H2/t17-,19+/m0/s1. The molecule has 1 amide bonds. The highest BCUT2D eigenvalue weighted by Crippen LogP contribution is 2.28. The van der Waals surface area contributed by atoms with Crippen molar-refractivity contribution in [3.8, 4) is 5.69 Å². The van der Waals surface area contributed by atoms with E-state index in [1.54, 1.807) is 17.0 Å². The first-order chi connectivity index (χ1) is 13.1. The van der Waals surface area contributed by atoms with E-state index < -0.39 is 6.10 Å². The number of piperidine rings is 1. The number of nitrogens with one attached hydrogen (secondary N) is 1. The summed E-state index contributed by atoms with van der Waals surface area (Å²) in [5.41, 5.74) is 1.70. The van der Waals surface area contributed by atoms with Crippen LogP contribution in [0.4, 0.5) is 0 Å². The predicted octanol–water partition coefficient (Wildman–Crippen LogP) is 2.16. The summed E-state index contributed by atoms with van der Waals surface area (Å²) in [5.74, 6) is -0.254. The lowest BCUT2D eigenvalue weighted by molar-refractivity contribution is 0.0377. The maximum absolute atomic E-state index is 12.8. The molecule has 2 N–H and O–H groups in total. The highest BCUT2D eigenvalue weighted by molar-refractivity contribution is 5.92. The summed E-state index contributed by atoms with van der Waals surface area (Å²) in [6.07, 6.45) is 0.0496. The van der Waals surface area contributed by atoms with Crippen molar-refractivity contribution in [3.63, 3.8) is 0 Å². The van der Waals surface area contributed by atoms with Gasteiger partial charge < -0.3 is 10.0 Å². The first-order valence-electron chi connectivity index (χ1n) is 9.03. The Morgan fingerprint density at radius 1 is 1.04 bits per heavy atom. The number of hydrogen-bond donors (Lipinski definition) is 2. The third-order valence-electron chi connectivity index (χ3n) is 5.06. The molecule has 3 aromatic rings. The Labute approximate surface area is 156 Å². The van der Waals surface area contributed by atoms with Crippen molar-refractivity contribution in [2.75, 3.05) is 13.1 Å². The third-order valence-corrected chi connectivity index (χ3v) is 5.06. The van der Waals surface area contributed by atoms with Gasteiger partial charge in [0.25, 0.3) is 11.5 Å². The van der Waals surface area contributed by atoms with Gasteiger partial charge in [0.15, 0.2) is 0 Å². The van der Waals surface area contributed by atoms with Crippen molar-refractivity contribution >= 4 is 5.91 Å². The molecule has 2 heterocycles. The highest BCUT2D eigenvalue weighted by Gasteiger charge is 2.32. The van der Waals surface area contributed by atoms with Gasteiger partial charge in [0, 0.05) is 25.1 Å². The van der Waals surface area contributed by atoms with Crippen LogP contribution < -0.4 is 5.56 Å². The summed E-state index contributed by atoms with van der Waals surface area (Å²) >= 11 is 0. The van der Waals surface area contributed by atoms with Crippen molar-refractivity contribution in [1.29, 1.82) is 0 Å². The van der Waals surface area contributed by atoms with E-state index in [1.165, 1.54) is 10.7 Å². The molecule has 0 bridgehead atoms. The maximum atomic E-state index is 12.8. The molecule has 0 radical (unpaired) electrons. The Balaban J connectivity index is 1.51. The van der Waals surface area contributed by atoms with Gasteiger partial charge in [-0.1, -0.05) is 48.5 Å². The number of aromatic nitrogens is 2. The monoisotopic (exact) mass is 363 g/mol. The van der Waals surface area contributed by atoms with Crippen LogP contribution in [0.1, 0.15) is 28.4 Å². The van der Waals surface area contributed by atoms with E-state index in [-0.39, 0.29) is 29.6 Å². The van der Waals surface area contributed by atoms with Crippen molar-refractivity contribution in [1.82, 2.24) is 14.7 Å². The molecule has 27 heavy (non-hydrogen) atoms. The van der Waals surface area contributed by atoms with Gasteiger partial charge in [0.05, 0.1) is 11.8 Å². The number of aliphatic hydroxyl groups is 1. The molecule has 138 valence electrons. The van der Waals surface area contributed by atoms with E-state index >= 15 is 0 Å². The predicted molar refractivity (Wildman–Crippen MR) is 102 cm³/mol. The van der Waals surface area contributed by atoms with E-state index in [9.17, 15) is 14.7 Å². The summed E-state index contributed by atoms with van der Waals surface area (Å²) < 4.78 is 1.35. The average molecular weight is 363 g/mol. The Bertz CT molecular complexity index is 979. The van der Waals surface area contributed by atoms with Crippen LogP contribution in [0, 0.1) is 0 Å². The lowest BCUT2D eigenvalue weighted by atomic mass is 9.87. The summed E-state index contributed by atoms with van der Waals surface area (Å²) in [6, 6.07) is 20.3. The molecule has 1 aliphatic heterocycles. The number of aliphatic hydroxyl groups excluding tert-OH is 1. The zero-order chi connectivity index (χ0) is 18.8. The van der Waals surface area contributed by atoms with Crippen LogP contribution in [0.25, 0.3) is 5.69 Å². The second-order valence-corrected chi connectivity index (χ2v) is 6.80. The fraction of sp³-hybridized carbons (Fsp3) is 0.238. The lowest BCUT2D eigenvalue weighted by Crippen LogP contribution is -2.45. The first-order valence-corrected chi connectivity index (χ1v) is 9.03. The molecule has 0 saturated carbocycles. The summed E-state index contributed by atoms with van der Waals surface area (Å²) in [5, 5.41) is 13.4. The van der Waals surface area contributed by atoms with Crippen molar-refractivity contribution in [2.45, 2.75) is 18.4 Å². The Hall–Kier alpha value is -3.12. The minimum absolute atomic E-state index is 0.0169. The SMILES string of the molecule is O=C(c1cc(=O)n(-c2ccccc2)[nH]1)N1CC[C@@H](c2ccccc2)[C@H](O)C1. The topological polar surface area (TPSA) is 78.3 Å². The number of nitrogens with zero attached hydrogens (tertiary/aromatic N) is 2. The smallest absolute Gasteiger partial charge is 0.272 e. The summed E-state index contributed by atoms with van der Waals surface area (Å²) in [6.45, 7) is 0.783. The molecular weight excluding hydrogens is 342 g/mol. The van der Waals surface area contributed by atoms with Gasteiger partial charge in [-0.3, -0.25) is 14.7 Å². The first kappa shape index (κ1) is 17.3. The van der Waals surface area contributed by atoms with Gasteiger partial charge in [-0.05, 0) is 24.1 Å². The molecule has 2 aromatic carbocycles. The molecule has 6 nitrogen and oxygen atoms in total. The molecule has 6 heteroatoms. The molecule has 1 fully saturated rings. The van der Waals surface area contributed by atoms with Crippen LogP contribution in [-0.4, -0.2) is 44.9 Å². The fourth-order valence-corrected chi connectivity index (χ4v) is 3.65. The van der Waals surface area contributed by atoms with Crippen molar-refractivity contribution in [2.24, 2.45) is 0 Å². The van der Waals surface area contributed by atoms with Gasteiger partial charge in [-0.2, -0.15) is 0 Å². The number of hydrogen-bond acceptors (Lipinski definition) is 3. The number of likely N-dealkylation sites (tertiary alicyclic amines) is 1. The third kappa shape index (κ3) is 3.44. The van der Waals surface area contributed by atoms with E-state index in [1.807, 2.05) is 48.5 Å². The maximum Gasteiger partial charge on any atom is 0.272 e. The number of amides is 1. The molecule has 2 atom stereocenters. The van der Waals surface area contributed by atoms with Crippen LogP contribution in [0.3, 0.4) is 0 Å². The van der Waals surface area contributed by atoms with Gasteiger partial charge in [0.1, 0.15) is 5.69 Å². The minimum Gasteiger partial charge on any atom is -0.391 e. The molecule has 4 rings (SSSR count). The van der Waals surface area contributed by atoms with Gasteiger partial charge in [-0.25, -0.2) is 4.68 Å². The number of para-hydroxylation sites is 1. The van der Waals surface area contributed by atoms with Crippen molar-refractivity contribution < 1.29 is 9.90 Å². The Morgan fingerprint density at radius 2 is 1.70 bits per heavy atom. The molecule has 0 spiro atoms. The molecular formula is C21H21N3O3. The molecule has 1 aromatic heterocycles. The molecule has 0 unspecified atom stereocenters. The fourth-order valence-electron chi connectivity index (χ4n) is 3.65. The molecule has 1 saturated heterocycles. The number of β-amino-alcohol motifs (C(OH)–C–C–N with tert-alkyl or cyclic N) is 1. The lowest BCUT2D eigenvalue weighted by Gasteiger charge is -2.36. The zero-order valence-electron chi connectivity index (χ0n) is 14.8. The Kier molecular flexibility index (Phi) is 4.64. The number of H-pyrrole nitrogens is 1. The van der Waals surface area contributed by atoms with E-state index in [4.69, 9.17) is 0 Å². The van der Waals surface area contributed by atoms with Crippen LogP contribution in [0.5, 0.6) is 0 Å². The number of benzene rings is 2. The molecule has 0 aliphatic carbocycles. The van der Waals surface area contributed by atoms with E-state index in [0.717, 1.165) is 5.56 Å². The zero-order valence-corrected chi connectivity index (χ0v) is 14.8. The van der Waals surface area contributed by atoms with E-state index in [0.29, 0.717) is 18.7 Å². The van der Waals surface area contributed by atoms with Crippen molar-refractivity contribution in [3.05, 3.63) is 88.3 Å². The number of rotatable bonds is 3. The van der Waals surface area contributed by atoms with Crippen LogP contribution in [0.15, 0.2) is 71.5 Å². The quantitative estimate of drug-likeness (QED) is 0.748. The summed E-state index contributed by atoms with van der Waals surface area (Å²) in [4.78, 5) is 26.7. The normalized spacial score (nSPS) is 19.8. The van der Waals surface area contributed by atoms with Crippen LogP contribution >= 0.6 is 0 Å². The largest absolute Gasteiger partial charge is 0.391 e. The minimum atomic E-state index is -0.631. The van der Waals surface area contributed by atoms with Gasteiger partial charge in [-0.15, -0.1) is 0 Å². The Morgan fingerprint density at radius 3 is 2.37 bits per heavy atom. The van der Waals surface area contributed by atoms with Crippen LogP contribution in [-0.2, 0) is 0 Å². The van der Waals surface area contributed by atoms with Crippen LogP contribution in [0.2, 0.25) is 0 Å². The number of carbonyl (C=O) groups excluding carboxylic acids is 1. The van der Waals surface area contributed by atoms with E-state index in [2.05, 4.69) is 5.10 Å². The van der Waals surface area contributed by atoms with Gasteiger partial charge >= 0.3 is 0 Å². The van der Waals surface area contributed by atoms with Gasteiger partial charge in [0.2, 0.25) is 0 Å².